The van der Waals surface area contributed by atoms with Crippen molar-refractivity contribution in [1.82, 2.24) is 10.3 Å². The second kappa shape index (κ2) is 7.13. The third-order valence-electron chi connectivity index (χ3n) is 5.36. The van der Waals surface area contributed by atoms with E-state index in [4.69, 9.17) is 16.7 Å². The van der Waals surface area contributed by atoms with Crippen molar-refractivity contribution < 1.29 is 14.7 Å². The van der Waals surface area contributed by atoms with Crippen molar-refractivity contribution in [3.8, 4) is 11.1 Å². The number of amides is 2. The van der Waals surface area contributed by atoms with E-state index in [2.05, 4.69) is 10.3 Å². The molecule has 0 saturated carbocycles. The first-order chi connectivity index (χ1) is 14.6. The molecule has 3 aromatic carbocycles. The zero-order valence-electron chi connectivity index (χ0n) is 15.8. The third-order valence-corrected chi connectivity index (χ3v) is 5.69. The maximum Gasteiger partial charge on any atom is 0.259 e. The molecule has 30 heavy (non-hydrogen) atoms. The molecule has 0 radical (unpaired) electrons. The number of fused-ring (bicyclic) bond motifs is 5. The van der Waals surface area contributed by atoms with Crippen LogP contribution in [0.3, 0.4) is 0 Å². The molecule has 0 unspecified atom stereocenters. The van der Waals surface area contributed by atoms with Crippen LogP contribution in [0, 0.1) is 0 Å². The summed E-state index contributed by atoms with van der Waals surface area (Å²) < 4.78 is 0. The molecule has 5 nitrogen and oxygen atoms in total. The molecule has 3 N–H and O–H groups in total. The van der Waals surface area contributed by atoms with E-state index < -0.39 is 11.8 Å². The van der Waals surface area contributed by atoms with Gasteiger partial charge >= 0.3 is 0 Å². The van der Waals surface area contributed by atoms with Crippen molar-refractivity contribution in [2.75, 3.05) is 6.61 Å². The van der Waals surface area contributed by atoms with Crippen molar-refractivity contribution >= 4 is 51.3 Å². The van der Waals surface area contributed by atoms with Gasteiger partial charge in [0.05, 0.1) is 11.1 Å². The summed E-state index contributed by atoms with van der Waals surface area (Å²) in [6.07, 6.45) is 4.43. The van der Waals surface area contributed by atoms with Gasteiger partial charge in [0.1, 0.15) is 0 Å². The quantitative estimate of drug-likeness (QED) is 0.413. The Labute approximate surface area is 177 Å². The summed E-state index contributed by atoms with van der Waals surface area (Å²) in [5.74, 6) is -0.813. The molecule has 1 aliphatic rings. The molecule has 5 rings (SSSR count). The van der Waals surface area contributed by atoms with Crippen LogP contribution in [0.1, 0.15) is 32.7 Å². The van der Waals surface area contributed by atoms with Gasteiger partial charge in [0.15, 0.2) is 0 Å². The molecule has 0 bridgehead atoms. The molecule has 0 spiro atoms. The number of aliphatic hydroxyl groups excluding tert-OH is 1. The summed E-state index contributed by atoms with van der Waals surface area (Å²) in [5, 5.41) is 13.5. The Morgan fingerprint density at radius 2 is 1.73 bits per heavy atom. The van der Waals surface area contributed by atoms with E-state index in [1.165, 1.54) is 0 Å². The molecule has 0 aliphatic carbocycles. The van der Waals surface area contributed by atoms with Crippen LogP contribution in [0.5, 0.6) is 0 Å². The zero-order valence-corrected chi connectivity index (χ0v) is 16.6. The van der Waals surface area contributed by atoms with E-state index in [9.17, 15) is 9.59 Å². The van der Waals surface area contributed by atoms with Crippen molar-refractivity contribution in [3.63, 3.8) is 0 Å². The Bertz CT molecular complexity index is 1380. The molecule has 6 heteroatoms. The van der Waals surface area contributed by atoms with Crippen molar-refractivity contribution in [3.05, 3.63) is 76.3 Å². The van der Waals surface area contributed by atoms with E-state index in [0.717, 1.165) is 27.4 Å². The molecule has 2 heterocycles. The highest BCUT2D eigenvalue weighted by Gasteiger charge is 2.34. The van der Waals surface area contributed by atoms with E-state index in [1.54, 1.807) is 6.07 Å². The largest absolute Gasteiger partial charge is 0.396 e. The number of benzene rings is 3. The van der Waals surface area contributed by atoms with Crippen molar-refractivity contribution in [1.29, 1.82) is 0 Å². The van der Waals surface area contributed by atoms with Gasteiger partial charge in [-0.3, -0.25) is 14.9 Å². The lowest BCUT2D eigenvalue weighted by atomic mass is 9.93. The Balaban J connectivity index is 1.81. The van der Waals surface area contributed by atoms with Gasteiger partial charge in [0.2, 0.25) is 0 Å². The summed E-state index contributed by atoms with van der Waals surface area (Å²) >= 11 is 6.40. The molecule has 2 amide bonds. The SMILES string of the molecule is O=C1NC(=O)c2c1c(-c1ccccc1Cl)cc1[nH]c3cc(/C=C/CCO)ccc3c21. The third kappa shape index (κ3) is 2.83. The molecule has 0 saturated heterocycles. The van der Waals surface area contributed by atoms with Gasteiger partial charge in [0, 0.05) is 39.0 Å². The predicted molar refractivity (Wildman–Crippen MR) is 119 cm³/mol. The lowest BCUT2D eigenvalue weighted by molar-refractivity contribution is 0.0880. The maximum atomic E-state index is 12.7. The number of aromatic amines is 1. The second-order valence-corrected chi connectivity index (χ2v) is 7.61. The number of hydrogen-bond acceptors (Lipinski definition) is 3. The first-order valence-corrected chi connectivity index (χ1v) is 9.96. The number of halogens is 1. The van der Waals surface area contributed by atoms with Crippen LogP contribution in [0.25, 0.3) is 39.0 Å². The first-order valence-electron chi connectivity index (χ1n) is 9.59. The fourth-order valence-corrected chi connectivity index (χ4v) is 4.31. The van der Waals surface area contributed by atoms with Gasteiger partial charge in [-0.25, -0.2) is 0 Å². The topological polar surface area (TPSA) is 82.2 Å². The number of hydrogen-bond donors (Lipinski definition) is 3. The highest BCUT2D eigenvalue weighted by molar-refractivity contribution is 6.36. The number of H-pyrrole nitrogens is 1. The molecular formula is C24H17ClN2O3. The molecule has 0 fully saturated rings. The fraction of sp³-hybridized carbons (Fsp3) is 0.0833. The Morgan fingerprint density at radius 3 is 2.53 bits per heavy atom. The number of rotatable bonds is 4. The fourth-order valence-electron chi connectivity index (χ4n) is 4.07. The lowest BCUT2D eigenvalue weighted by Crippen LogP contribution is -2.20. The summed E-state index contributed by atoms with van der Waals surface area (Å²) in [6.45, 7) is 0.102. The van der Waals surface area contributed by atoms with Gasteiger partial charge in [-0.05, 0) is 35.7 Å². The Kier molecular flexibility index (Phi) is 4.42. The van der Waals surface area contributed by atoms with Crippen LogP contribution in [0.4, 0.5) is 0 Å². The lowest BCUT2D eigenvalue weighted by Gasteiger charge is -2.09. The zero-order chi connectivity index (χ0) is 20.8. The van der Waals surface area contributed by atoms with Crippen LogP contribution in [-0.2, 0) is 0 Å². The Hall–Kier alpha value is -3.41. The van der Waals surface area contributed by atoms with Crippen molar-refractivity contribution in [2.24, 2.45) is 0 Å². The number of aromatic nitrogens is 1. The number of nitrogens with one attached hydrogen (secondary N) is 2. The Morgan fingerprint density at radius 1 is 0.933 bits per heavy atom. The molecule has 4 aromatic rings. The minimum absolute atomic E-state index is 0.102. The van der Waals surface area contributed by atoms with Crippen LogP contribution in [0.2, 0.25) is 5.02 Å². The van der Waals surface area contributed by atoms with Crippen LogP contribution in [-0.4, -0.2) is 28.5 Å². The van der Waals surface area contributed by atoms with E-state index >= 15 is 0 Å². The maximum absolute atomic E-state index is 12.7. The highest BCUT2D eigenvalue weighted by atomic mass is 35.5. The molecule has 0 atom stereocenters. The summed E-state index contributed by atoms with van der Waals surface area (Å²) in [5.41, 5.74) is 4.66. The smallest absolute Gasteiger partial charge is 0.259 e. The monoisotopic (exact) mass is 416 g/mol. The first kappa shape index (κ1) is 18.6. The minimum Gasteiger partial charge on any atom is -0.396 e. The van der Waals surface area contributed by atoms with Crippen LogP contribution >= 0.6 is 11.6 Å². The van der Waals surface area contributed by atoms with E-state index in [0.29, 0.717) is 33.7 Å². The summed E-state index contributed by atoms with van der Waals surface area (Å²) in [4.78, 5) is 28.8. The van der Waals surface area contributed by atoms with Gasteiger partial charge in [-0.2, -0.15) is 0 Å². The van der Waals surface area contributed by atoms with Crippen LogP contribution in [0.15, 0.2) is 54.6 Å². The average Bonchev–Trinajstić information content (AvgIpc) is 3.24. The van der Waals surface area contributed by atoms with Gasteiger partial charge in [0.25, 0.3) is 11.8 Å². The summed E-state index contributed by atoms with van der Waals surface area (Å²) in [6, 6.07) is 15.0. The minimum atomic E-state index is -0.412. The second-order valence-electron chi connectivity index (χ2n) is 7.20. The van der Waals surface area contributed by atoms with Crippen molar-refractivity contribution in [2.45, 2.75) is 6.42 Å². The number of carbonyl (C=O) groups is 2. The number of carbonyl (C=O) groups excluding carboxylic acids is 2. The summed E-state index contributed by atoms with van der Waals surface area (Å²) in [7, 11) is 0. The number of imide groups is 1. The van der Waals surface area contributed by atoms with Gasteiger partial charge < -0.3 is 10.1 Å². The molecule has 1 aromatic heterocycles. The standard InChI is InChI=1S/C24H17ClN2O3/c25-17-7-2-1-6-14(17)16-12-19-20(22-21(16)23(29)27-24(22)30)15-9-8-13(5-3-4-10-28)11-18(15)26-19/h1-3,5-9,11-12,26,28H,4,10H2,(H,27,29,30)/b5-3+. The number of aliphatic hydroxyl groups is 1. The molecule has 1 aliphatic heterocycles. The highest BCUT2D eigenvalue weighted by Crippen LogP contribution is 2.40. The van der Waals surface area contributed by atoms with Crippen LogP contribution < -0.4 is 5.32 Å². The predicted octanol–water partition coefficient (Wildman–Crippen LogP) is 4.92. The van der Waals surface area contributed by atoms with Gasteiger partial charge in [-0.15, -0.1) is 0 Å². The van der Waals surface area contributed by atoms with Gasteiger partial charge in [-0.1, -0.05) is 54.1 Å². The average molecular weight is 417 g/mol. The van der Waals surface area contributed by atoms with E-state index in [-0.39, 0.29) is 6.61 Å². The molecular weight excluding hydrogens is 400 g/mol. The normalized spacial score (nSPS) is 13.5. The molecule has 148 valence electrons. The van der Waals surface area contributed by atoms with E-state index in [1.807, 2.05) is 54.6 Å².